The van der Waals surface area contributed by atoms with E-state index in [2.05, 4.69) is 43.0 Å². The van der Waals surface area contributed by atoms with Crippen molar-refractivity contribution in [3.8, 4) is 5.69 Å². The predicted molar refractivity (Wildman–Crippen MR) is 122 cm³/mol. The first-order valence-corrected chi connectivity index (χ1v) is 10.4. The minimum absolute atomic E-state index is 0.0334. The molecule has 0 aliphatic carbocycles. The number of hydrogen-bond acceptors (Lipinski definition) is 4. The third-order valence-electron chi connectivity index (χ3n) is 5.26. The number of hydrogen-bond donors (Lipinski definition) is 1. The molecule has 5 nitrogen and oxygen atoms in total. The van der Waals surface area contributed by atoms with Crippen molar-refractivity contribution in [2.75, 3.05) is 16.8 Å². The van der Waals surface area contributed by atoms with Crippen LogP contribution in [-0.2, 0) is 6.54 Å². The van der Waals surface area contributed by atoms with Gasteiger partial charge in [-0.25, -0.2) is 9.97 Å². The molecule has 7 heteroatoms. The maximum Gasteiger partial charge on any atom is 0.158 e. The van der Waals surface area contributed by atoms with Crippen LogP contribution in [0.15, 0.2) is 79.3 Å². The summed E-state index contributed by atoms with van der Waals surface area (Å²) in [6.07, 6.45) is 3.51. The lowest BCUT2D eigenvalue weighted by Crippen LogP contribution is -2.31. The zero-order valence-corrected chi connectivity index (χ0v) is 17.6. The molecule has 0 spiro atoms. The Morgan fingerprint density at radius 1 is 0.933 bits per heavy atom. The van der Waals surface area contributed by atoms with Crippen molar-refractivity contribution in [2.45, 2.75) is 12.6 Å². The van der Waals surface area contributed by atoms with Crippen molar-refractivity contribution in [2.24, 2.45) is 0 Å². The molecule has 1 N–H and O–H groups in total. The van der Waals surface area contributed by atoms with E-state index in [0.29, 0.717) is 23.3 Å². The SMILES string of the molecule is Clc1ccccc1NC1CN(Cc2ccccc2)c2ncnc(Cl)c2-n2cccc21. The van der Waals surface area contributed by atoms with E-state index in [0.717, 1.165) is 22.9 Å². The van der Waals surface area contributed by atoms with Gasteiger partial charge in [-0.1, -0.05) is 65.7 Å². The van der Waals surface area contributed by atoms with Gasteiger partial charge < -0.3 is 14.8 Å². The summed E-state index contributed by atoms with van der Waals surface area (Å²) in [5.74, 6) is 0.805. The first kappa shape index (κ1) is 19.0. The average Bonchev–Trinajstić information content (AvgIpc) is 3.20. The predicted octanol–water partition coefficient (Wildman–Crippen LogP) is 5.75. The highest BCUT2D eigenvalue weighted by Crippen LogP contribution is 2.37. The van der Waals surface area contributed by atoms with Crippen molar-refractivity contribution < 1.29 is 0 Å². The standard InChI is InChI=1S/C23H19Cl2N5/c24-17-9-4-5-10-18(17)28-19-14-29(13-16-7-2-1-3-8-16)23-21(22(25)26-15-27-23)30-12-6-11-20(19)30/h1-12,15,19,28H,13-14H2. The fourth-order valence-corrected chi connectivity index (χ4v) is 4.31. The summed E-state index contributed by atoms with van der Waals surface area (Å²) in [6.45, 7) is 1.39. The number of aromatic nitrogens is 3. The van der Waals surface area contributed by atoms with Gasteiger partial charge in [0.25, 0.3) is 0 Å². The second kappa shape index (κ2) is 8.01. The van der Waals surface area contributed by atoms with Crippen molar-refractivity contribution >= 4 is 34.7 Å². The first-order valence-electron chi connectivity index (χ1n) is 9.69. The highest BCUT2D eigenvalue weighted by Gasteiger charge is 2.29. The zero-order chi connectivity index (χ0) is 20.5. The van der Waals surface area contributed by atoms with Crippen molar-refractivity contribution in [3.63, 3.8) is 0 Å². The maximum absolute atomic E-state index is 6.56. The molecule has 0 bridgehead atoms. The Kier molecular flexibility index (Phi) is 5.07. The van der Waals surface area contributed by atoms with E-state index in [1.54, 1.807) is 0 Å². The lowest BCUT2D eigenvalue weighted by Gasteiger charge is -2.27. The van der Waals surface area contributed by atoms with Crippen LogP contribution in [0, 0.1) is 0 Å². The summed E-state index contributed by atoms with van der Waals surface area (Å²) in [7, 11) is 0. The number of benzene rings is 2. The fourth-order valence-electron chi connectivity index (χ4n) is 3.90. The van der Waals surface area contributed by atoms with Crippen LogP contribution in [0.3, 0.4) is 0 Å². The van der Waals surface area contributed by atoms with Gasteiger partial charge >= 0.3 is 0 Å². The number of nitrogens with zero attached hydrogens (tertiary/aromatic N) is 4. The molecule has 2 aromatic heterocycles. The molecule has 0 radical (unpaired) electrons. The van der Waals surface area contributed by atoms with E-state index < -0.39 is 0 Å². The Balaban J connectivity index is 1.61. The van der Waals surface area contributed by atoms with Crippen molar-refractivity contribution in [1.29, 1.82) is 0 Å². The lowest BCUT2D eigenvalue weighted by atomic mass is 10.1. The molecule has 4 aromatic rings. The fraction of sp³-hybridized carbons (Fsp3) is 0.130. The molecule has 0 fully saturated rings. The van der Waals surface area contributed by atoms with Gasteiger partial charge in [0.1, 0.15) is 12.0 Å². The third kappa shape index (κ3) is 3.51. The molecule has 1 unspecified atom stereocenters. The van der Waals surface area contributed by atoms with E-state index >= 15 is 0 Å². The third-order valence-corrected chi connectivity index (χ3v) is 5.87. The summed E-state index contributed by atoms with van der Waals surface area (Å²) in [4.78, 5) is 11.1. The smallest absolute Gasteiger partial charge is 0.158 e. The van der Waals surface area contributed by atoms with Crippen LogP contribution in [0.2, 0.25) is 10.2 Å². The summed E-state index contributed by atoms with van der Waals surface area (Å²) in [6, 6.07) is 22.2. The van der Waals surface area contributed by atoms with Crippen LogP contribution >= 0.6 is 23.2 Å². The van der Waals surface area contributed by atoms with Crippen LogP contribution in [0.1, 0.15) is 17.3 Å². The van der Waals surface area contributed by atoms with Gasteiger partial charge in [0.05, 0.1) is 16.8 Å². The van der Waals surface area contributed by atoms with Crippen LogP contribution < -0.4 is 10.2 Å². The van der Waals surface area contributed by atoms with Crippen molar-refractivity contribution in [1.82, 2.24) is 14.5 Å². The van der Waals surface area contributed by atoms with Gasteiger partial charge in [-0.05, 0) is 29.8 Å². The molecule has 1 atom stereocenters. The topological polar surface area (TPSA) is 46.0 Å². The van der Waals surface area contributed by atoms with Gasteiger partial charge in [-0.15, -0.1) is 0 Å². The summed E-state index contributed by atoms with van der Waals surface area (Å²) >= 11 is 13.0. The summed E-state index contributed by atoms with van der Waals surface area (Å²) in [5.41, 5.74) is 3.95. The normalized spacial score (nSPS) is 15.3. The second-order valence-electron chi connectivity index (χ2n) is 7.18. The maximum atomic E-state index is 6.56. The van der Waals surface area contributed by atoms with Gasteiger partial charge in [-0.3, -0.25) is 0 Å². The second-order valence-corrected chi connectivity index (χ2v) is 7.95. The zero-order valence-electron chi connectivity index (χ0n) is 16.0. The number of halogens is 2. The minimum atomic E-state index is -0.0334. The number of anilines is 2. The number of para-hydroxylation sites is 1. The Labute approximate surface area is 184 Å². The first-order chi connectivity index (χ1) is 14.7. The molecule has 150 valence electrons. The molecule has 0 amide bonds. The van der Waals surface area contributed by atoms with E-state index in [1.165, 1.54) is 11.9 Å². The van der Waals surface area contributed by atoms with E-state index in [1.807, 2.05) is 54.7 Å². The Morgan fingerprint density at radius 2 is 1.73 bits per heavy atom. The molecule has 1 aliphatic rings. The van der Waals surface area contributed by atoms with E-state index in [-0.39, 0.29) is 6.04 Å². The van der Waals surface area contributed by atoms with Crippen LogP contribution in [0.25, 0.3) is 5.69 Å². The summed E-state index contributed by atoms with van der Waals surface area (Å²) < 4.78 is 2.07. The molecule has 2 aromatic carbocycles. The minimum Gasteiger partial charge on any atom is -0.374 e. The number of fused-ring (bicyclic) bond motifs is 3. The van der Waals surface area contributed by atoms with Gasteiger partial charge in [0, 0.05) is 25.0 Å². The molecule has 5 rings (SSSR count). The van der Waals surface area contributed by atoms with Gasteiger partial charge in [-0.2, -0.15) is 0 Å². The van der Waals surface area contributed by atoms with Crippen LogP contribution in [-0.4, -0.2) is 21.1 Å². The van der Waals surface area contributed by atoms with Crippen molar-refractivity contribution in [3.05, 3.63) is 101 Å². The molecule has 0 saturated carbocycles. The molecule has 1 aliphatic heterocycles. The highest BCUT2D eigenvalue weighted by molar-refractivity contribution is 6.33. The average molecular weight is 436 g/mol. The quantitative estimate of drug-likeness (QED) is 0.414. The highest BCUT2D eigenvalue weighted by atomic mass is 35.5. The van der Waals surface area contributed by atoms with E-state index in [4.69, 9.17) is 23.2 Å². The monoisotopic (exact) mass is 435 g/mol. The van der Waals surface area contributed by atoms with E-state index in [9.17, 15) is 0 Å². The van der Waals surface area contributed by atoms with Crippen LogP contribution in [0.5, 0.6) is 0 Å². The largest absolute Gasteiger partial charge is 0.374 e. The molecular formula is C23H19Cl2N5. The lowest BCUT2D eigenvalue weighted by molar-refractivity contribution is 0.685. The number of rotatable bonds is 4. The molecule has 0 saturated heterocycles. The van der Waals surface area contributed by atoms with Crippen LogP contribution in [0.4, 0.5) is 11.5 Å². The van der Waals surface area contributed by atoms with Gasteiger partial charge in [0.15, 0.2) is 11.0 Å². The Morgan fingerprint density at radius 3 is 2.57 bits per heavy atom. The molecule has 30 heavy (non-hydrogen) atoms. The Hall–Kier alpha value is -3.02. The summed E-state index contributed by atoms with van der Waals surface area (Å²) in [5, 5.41) is 4.73. The molecular weight excluding hydrogens is 417 g/mol. The molecule has 3 heterocycles. The van der Waals surface area contributed by atoms with Gasteiger partial charge in [0.2, 0.25) is 0 Å². The Bertz CT molecular complexity index is 1180. The number of nitrogens with one attached hydrogen (secondary N) is 1.